The highest BCUT2D eigenvalue weighted by Crippen LogP contribution is 2.49. The monoisotopic (exact) mass is 557 g/mol. The van der Waals surface area contributed by atoms with E-state index >= 15 is 0 Å². The summed E-state index contributed by atoms with van der Waals surface area (Å²) in [6.07, 6.45) is 9.18. The normalized spacial score (nSPS) is 23.3. The minimum atomic E-state index is -1.97. The van der Waals surface area contributed by atoms with Crippen molar-refractivity contribution < 1.29 is 23.2 Å². The van der Waals surface area contributed by atoms with Crippen molar-refractivity contribution in [3.63, 3.8) is 0 Å². The molecule has 37 heavy (non-hydrogen) atoms. The molecule has 3 unspecified atom stereocenters. The second kappa shape index (κ2) is 14.1. The van der Waals surface area contributed by atoms with Crippen molar-refractivity contribution >= 4 is 28.5 Å². The Labute approximate surface area is 230 Å². The third kappa shape index (κ3) is 10.8. The van der Waals surface area contributed by atoms with Crippen molar-refractivity contribution in [3.05, 3.63) is 0 Å². The average molecular weight is 558 g/mol. The maximum Gasteiger partial charge on any atom is 0.305 e. The van der Waals surface area contributed by atoms with Crippen LogP contribution in [0, 0.1) is 11.8 Å². The minimum Gasteiger partial charge on any atom is -0.469 e. The van der Waals surface area contributed by atoms with Gasteiger partial charge in [0.15, 0.2) is 16.6 Å². The molecule has 1 amide bonds. The SMILES string of the molecule is COC(=O)CCCCCC[C@H]1C(O[Si](C)(C)C(C)(C)C)CC(O[Si](C)(C)C(C)(C)C)C1CCCC(N)=O. The Morgan fingerprint density at radius 2 is 1.16 bits per heavy atom. The van der Waals surface area contributed by atoms with Gasteiger partial charge < -0.3 is 19.3 Å². The van der Waals surface area contributed by atoms with Crippen molar-refractivity contribution in [2.45, 2.75) is 154 Å². The van der Waals surface area contributed by atoms with Crippen LogP contribution in [0.3, 0.4) is 0 Å². The van der Waals surface area contributed by atoms with Gasteiger partial charge in [-0.25, -0.2) is 0 Å². The van der Waals surface area contributed by atoms with Crippen LogP contribution in [0.4, 0.5) is 0 Å². The van der Waals surface area contributed by atoms with Crippen LogP contribution in [-0.4, -0.2) is 47.8 Å². The summed E-state index contributed by atoms with van der Waals surface area (Å²) in [5, 5.41) is 0.281. The summed E-state index contributed by atoms with van der Waals surface area (Å²) in [5.41, 5.74) is 5.51. The number of carbonyl (C=O) groups excluding carboxylic acids is 2. The third-order valence-electron chi connectivity index (χ3n) is 9.33. The van der Waals surface area contributed by atoms with Crippen molar-refractivity contribution in [3.8, 4) is 0 Å². The molecule has 2 N–H and O–H groups in total. The van der Waals surface area contributed by atoms with Crippen LogP contribution >= 0.6 is 0 Å². The first-order valence-electron chi connectivity index (χ1n) is 14.5. The van der Waals surface area contributed by atoms with E-state index in [2.05, 4.69) is 67.7 Å². The lowest BCUT2D eigenvalue weighted by atomic mass is 9.85. The molecule has 0 heterocycles. The number of esters is 1. The van der Waals surface area contributed by atoms with Crippen LogP contribution in [0.5, 0.6) is 0 Å². The van der Waals surface area contributed by atoms with Gasteiger partial charge in [-0.05, 0) is 80.2 Å². The van der Waals surface area contributed by atoms with E-state index in [4.69, 9.17) is 19.3 Å². The first-order valence-corrected chi connectivity index (χ1v) is 20.3. The zero-order chi connectivity index (χ0) is 28.7. The molecule has 4 atom stereocenters. The van der Waals surface area contributed by atoms with Crippen LogP contribution in [0.2, 0.25) is 36.3 Å². The van der Waals surface area contributed by atoms with E-state index < -0.39 is 16.6 Å². The first kappa shape index (κ1) is 34.3. The summed E-state index contributed by atoms with van der Waals surface area (Å²) in [6, 6.07) is 0. The van der Waals surface area contributed by atoms with Crippen molar-refractivity contribution in [2.24, 2.45) is 17.6 Å². The van der Waals surface area contributed by atoms with Gasteiger partial charge in [0, 0.05) is 12.8 Å². The number of primary amides is 1. The van der Waals surface area contributed by atoms with Crippen molar-refractivity contribution in [1.29, 1.82) is 0 Å². The molecular formula is C29H59NO5Si2. The number of hydrogen-bond donors (Lipinski definition) is 1. The average Bonchev–Trinajstić information content (AvgIpc) is 3.03. The molecule has 1 aliphatic rings. The quantitative estimate of drug-likeness (QED) is 0.127. The molecule has 0 spiro atoms. The second-order valence-electron chi connectivity index (χ2n) is 14.3. The smallest absolute Gasteiger partial charge is 0.305 e. The number of ether oxygens (including phenoxy) is 1. The number of carbonyl (C=O) groups is 2. The minimum absolute atomic E-state index is 0.126. The summed E-state index contributed by atoms with van der Waals surface area (Å²) < 4.78 is 19.0. The largest absolute Gasteiger partial charge is 0.469 e. The molecule has 0 aromatic heterocycles. The highest BCUT2D eigenvalue weighted by molar-refractivity contribution is 6.74. The van der Waals surface area contributed by atoms with E-state index in [0.717, 1.165) is 51.4 Å². The molecule has 218 valence electrons. The van der Waals surface area contributed by atoms with Gasteiger partial charge in [0.2, 0.25) is 5.91 Å². The van der Waals surface area contributed by atoms with Crippen molar-refractivity contribution in [2.75, 3.05) is 7.11 Å². The lowest BCUT2D eigenvalue weighted by Crippen LogP contribution is -2.45. The summed E-state index contributed by atoms with van der Waals surface area (Å²) >= 11 is 0. The Bertz CT molecular complexity index is 727. The van der Waals surface area contributed by atoms with Crippen LogP contribution in [-0.2, 0) is 23.2 Å². The highest BCUT2D eigenvalue weighted by atomic mass is 28.4. The topological polar surface area (TPSA) is 87.8 Å². The molecule has 1 fully saturated rings. The Morgan fingerprint density at radius 3 is 1.57 bits per heavy atom. The van der Waals surface area contributed by atoms with Gasteiger partial charge >= 0.3 is 5.97 Å². The molecule has 1 aliphatic carbocycles. The van der Waals surface area contributed by atoms with E-state index in [9.17, 15) is 9.59 Å². The van der Waals surface area contributed by atoms with Gasteiger partial charge in [0.1, 0.15) is 0 Å². The summed E-state index contributed by atoms with van der Waals surface area (Å²) in [6.45, 7) is 23.2. The molecule has 0 radical (unpaired) electrons. The molecule has 6 nitrogen and oxygen atoms in total. The Kier molecular flexibility index (Phi) is 13.1. The zero-order valence-corrected chi connectivity index (χ0v) is 28.0. The fourth-order valence-electron chi connectivity index (χ4n) is 4.93. The predicted octanol–water partition coefficient (Wildman–Crippen LogP) is 7.57. The fraction of sp³-hybridized carbons (Fsp3) is 0.931. The molecule has 1 rings (SSSR count). The second-order valence-corrected chi connectivity index (χ2v) is 23.8. The first-order chi connectivity index (χ1) is 16.8. The number of hydrogen-bond acceptors (Lipinski definition) is 5. The fourth-order valence-corrected chi connectivity index (χ4v) is 7.69. The number of methoxy groups -OCH3 is 1. The van der Waals surface area contributed by atoms with Gasteiger partial charge in [-0.1, -0.05) is 60.8 Å². The molecule has 0 bridgehead atoms. The van der Waals surface area contributed by atoms with Gasteiger partial charge in [0.05, 0.1) is 19.3 Å². The number of rotatable bonds is 15. The number of nitrogens with two attached hydrogens (primary N) is 1. The Hall–Kier alpha value is -0.706. The summed E-state index contributed by atoms with van der Waals surface area (Å²) in [5.74, 6) is 0.436. The van der Waals surface area contributed by atoms with E-state index in [1.165, 1.54) is 7.11 Å². The maximum absolute atomic E-state index is 11.5. The summed E-state index contributed by atoms with van der Waals surface area (Å²) in [7, 11) is -2.48. The van der Waals surface area contributed by atoms with Crippen LogP contribution < -0.4 is 5.73 Å². The molecular weight excluding hydrogens is 498 g/mol. The Morgan fingerprint density at radius 1 is 0.730 bits per heavy atom. The van der Waals surface area contributed by atoms with E-state index in [1.807, 2.05) is 0 Å². The molecule has 0 aromatic rings. The van der Waals surface area contributed by atoms with Crippen molar-refractivity contribution in [1.82, 2.24) is 0 Å². The molecule has 0 aromatic carbocycles. The van der Waals surface area contributed by atoms with Crippen LogP contribution in [0.25, 0.3) is 0 Å². The van der Waals surface area contributed by atoms with Crippen LogP contribution in [0.1, 0.15) is 106 Å². The highest BCUT2D eigenvalue weighted by Gasteiger charge is 2.50. The maximum atomic E-state index is 11.5. The lowest BCUT2D eigenvalue weighted by Gasteiger charge is -2.40. The molecule has 0 saturated heterocycles. The number of amides is 1. The van der Waals surface area contributed by atoms with Gasteiger partial charge in [-0.3, -0.25) is 9.59 Å². The standard InChI is InChI=1S/C29H59NO5Si2/c1-28(2,3)36(8,9)34-24-21-25(35-37(10,11)29(4,5)6)23(18-16-19-26(30)31)22(24)17-14-12-13-15-20-27(32)33-7/h22-25H,12-21H2,1-11H3,(H2,30,31)/t22-,23?,24?,25?/m1/s1. The summed E-state index contributed by atoms with van der Waals surface area (Å²) in [4.78, 5) is 23.0. The van der Waals surface area contributed by atoms with Gasteiger partial charge in [-0.15, -0.1) is 0 Å². The lowest BCUT2D eigenvalue weighted by molar-refractivity contribution is -0.140. The third-order valence-corrected chi connectivity index (χ3v) is 18.3. The Balaban J connectivity index is 3.12. The van der Waals surface area contributed by atoms with Gasteiger partial charge in [-0.2, -0.15) is 0 Å². The van der Waals surface area contributed by atoms with E-state index in [-0.39, 0.29) is 34.2 Å². The molecule has 1 saturated carbocycles. The molecule has 8 heteroatoms. The zero-order valence-electron chi connectivity index (χ0n) is 26.0. The van der Waals surface area contributed by atoms with E-state index in [1.54, 1.807) is 0 Å². The predicted molar refractivity (Wildman–Crippen MR) is 159 cm³/mol. The molecule has 0 aliphatic heterocycles. The van der Waals surface area contributed by atoms with Gasteiger partial charge in [0.25, 0.3) is 0 Å². The van der Waals surface area contributed by atoms with E-state index in [0.29, 0.717) is 24.7 Å². The number of unbranched alkanes of at least 4 members (excludes halogenated alkanes) is 3. The van der Waals surface area contributed by atoms with Crippen LogP contribution in [0.15, 0.2) is 0 Å².